The molecule has 3 amide bonds. The second-order valence-corrected chi connectivity index (χ2v) is 10.0. The summed E-state index contributed by atoms with van der Waals surface area (Å²) in [7, 11) is 1.38. The number of hydrogen-bond donors (Lipinski definition) is 3. The van der Waals surface area contributed by atoms with Crippen molar-refractivity contribution in [3.05, 3.63) is 47.6 Å². The highest BCUT2D eigenvalue weighted by atomic mass is 16.6. The van der Waals surface area contributed by atoms with Crippen LogP contribution in [0.4, 0.5) is 0 Å². The average molecular weight is 530 g/mol. The number of epoxide rings is 1. The molecule has 4 atom stereocenters. The van der Waals surface area contributed by atoms with E-state index in [0.29, 0.717) is 24.4 Å². The molecule has 12 nitrogen and oxygen atoms in total. The third-order valence-electron chi connectivity index (χ3n) is 6.05. The fraction of sp³-hybridized carbons (Fsp3) is 0.538. The first-order chi connectivity index (χ1) is 18.0. The van der Waals surface area contributed by atoms with Crippen LogP contribution in [-0.4, -0.2) is 77.7 Å². The van der Waals surface area contributed by atoms with Gasteiger partial charge in [-0.2, -0.15) is 0 Å². The highest BCUT2D eigenvalue weighted by molar-refractivity contribution is 5.99. The fourth-order valence-electron chi connectivity index (χ4n) is 3.89. The topological polar surface area (TPSA) is 165 Å². The van der Waals surface area contributed by atoms with Gasteiger partial charge in [-0.15, -0.1) is 0 Å². The Kier molecular flexibility index (Phi) is 9.70. The minimum atomic E-state index is -1.12. The van der Waals surface area contributed by atoms with E-state index in [1.165, 1.54) is 13.2 Å². The first-order valence-electron chi connectivity index (χ1n) is 12.4. The van der Waals surface area contributed by atoms with Crippen molar-refractivity contribution >= 4 is 23.5 Å². The quantitative estimate of drug-likeness (QED) is 0.299. The van der Waals surface area contributed by atoms with Gasteiger partial charge in [0.15, 0.2) is 11.5 Å². The molecule has 0 saturated carbocycles. The molecule has 3 N–H and O–H groups in total. The monoisotopic (exact) mass is 529 g/mol. The molecule has 1 unspecified atom stereocenters. The maximum atomic E-state index is 13.5. The Bertz CT molecular complexity index is 1130. The van der Waals surface area contributed by atoms with Gasteiger partial charge in [0, 0.05) is 32.0 Å². The molecule has 0 radical (unpaired) electrons. The summed E-state index contributed by atoms with van der Waals surface area (Å²) in [5.74, 6) is -1.47. The molecule has 3 heterocycles. The van der Waals surface area contributed by atoms with Crippen LogP contribution in [0.5, 0.6) is 0 Å². The second-order valence-electron chi connectivity index (χ2n) is 10.0. The Hall–Kier alpha value is -3.64. The van der Waals surface area contributed by atoms with Gasteiger partial charge >= 0.3 is 0 Å². The fourth-order valence-corrected chi connectivity index (χ4v) is 3.89. The summed E-state index contributed by atoms with van der Waals surface area (Å²) in [6.45, 7) is 7.38. The van der Waals surface area contributed by atoms with E-state index < -0.39 is 41.4 Å². The molecular formula is C26H35N5O7. The van der Waals surface area contributed by atoms with Gasteiger partial charge < -0.3 is 29.9 Å². The zero-order valence-corrected chi connectivity index (χ0v) is 22.3. The molecule has 0 aromatic carbocycles. The summed E-state index contributed by atoms with van der Waals surface area (Å²) in [5.41, 5.74) is -0.211. The highest BCUT2D eigenvalue weighted by Gasteiger charge is 2.50. The van der Waals surface area contributed by atoms with Gasteiger partial charge in [-0.05, 0) is 37.8 Å². The van der Waals surface area contributed by atoms with Gasteiger partial charge in [0.2, 0.25) is 11.8 Å². The van der Waals surface area contributed by atoms with Crippen LogP contribution >= 0.6 is 0 Å². The molecule has 1 saturated heterocycles. The third-order valence-corrected chi connectivity index (χ3v) is 6.05. The van der Waals surface area contributed by atoms with E-state index in [0.717, 1.165) is 0 Å². The summed E-state index contributed by atoms with van der Waals surface area (Å²) in [6, 6.07) is 1.96. The van der Waals surface area contributed by atoms with E-state index in [1.54, 1.807) is 38.4 Å². The van der Waals surface area contributed by atoms with Gasteiger partial charge in [0.05, 0.1) is 19.3 Å². The number of pyridine rings is 1. The van der Waals surface area contributed by atoms with Crippen LogP contribution in [0.2, 0.25) is 0 Å². The average Bonchev–Trinajstić information content (AvgIpc) is 3.48. The van der Waals surface area contributed by atoms with Gasteiger partial charge in [-0.25, -0.2) is 0 Å². The number of hydrogen-bond acceptors (Lipinski definition) is 9. The number of amides is 3. The third kappa shape index (κ3) is 7.93. The highest BCUT2D eigenvalue weighted by Crippen LogP contribution is 2.29. The number of Topliss-reactive ketones (excluding diaryl/α,β-unsaturated/α-hetero) is 1. The molecule has 206 valence electrons. The zero-order chi connectivity index (χ0) is 27.9. The normalized spacial score (nSPS) is 18.8. The van der Waals surface area contributed by atoms with E-state index >= 15 is 0 Å². The molecule has 2 aromatic rings. The number of aromatic nitrogens is 2. The molecular weight excluding hydrogens is 494 g/mol. The van der Waals surface area contributed by atoms with Crippen LogP contribution in [-0.2, 0) is 30.3 Å². The van der Waals surface area contributed by atoms with Crippen LogP contribution in [0.15, 0.2) is 35.1 Å². The van der Waals surface area contributed by atoms with E-state index in [2.05, 4.69) is 26.1 Å². The van der Waals surface area contributed by atoms with Crippen LogP contribution in [0, 0.1) is 12.8 Å². The predicted octanol–water partition coefficient (Wildman–Crippen LogP) is 0.739. The number of methoxy groups -OCH3 is 1. The number of aryl methyl sites for hydroxylation is 1. The lowest BCUT2D eigenvalue weighted by Crippen LogP contribution is -2.58. The van der Waals surface area contributed by atoms with E-state index in [-0.39, 0.29) is 30.4 Å². The molecule has 1 aliphatic heterocycles. The molecule has 12 heteroatoms. The SMILES string of the molecule is COC[C@H](NC(=O)c1cc(C)on1)C(=O)N[C@@H](Cc1cccnc1)C(=O)NC(CC(C)C)C(=O)[C@@]1(C)CO1. The number of carbonyl (C=O) groups excluding carboxylic acids is 4. The van der Waals surface area contributed by atoms with Crippen LogP contribution in [0.1, 0.15) is 49.0 Å². The van der Waals surface area contributed by atoms with Crippen molar-refractivity contribution in [1.82, 2.24) is 26.1 Å². The van der Waals surface area contributed by atoms with Gasteiger partial charge in [-0.3, -0.25) is 24.2 Å². The molecule has 0 spiro atoms. The van der Waals surface area contributed by atoms with E-state index in [4.69, 9.17) is 14.0 Å². The smallest absolute Gasteiger partial charge is 0.274 e. The number of nitrogens with zero attached hydrogens (tertiary/aromatic N) is 2. The van der Waals surface area contributed by atoms with Crippen molar-refractivity contribution in [3.8, 4) is 0 Å². The summed E-state index contributed by atoms with van der Waals surface area (Å²) >= 11 is 0. The van der Waals surface area contributed by atoms with Crippen LogP contribution in [0.25, 0.3) is 0 Å². The minimum absolute atomic E-state index is 0.00638. The molecule has 0 bridgehead atoms. The lowest BCUT2D eigenvalue weighted by atomic mass is 9.93. The van der Waals surface area contributed by atoms with Gasteiger partial charge in [-0.1, -0.05) is 25.1 Å². The van der Waals surface area contributed by atoms with E-state index in [1.807, 2.05) is 13.8 Å². The molecule has 38 heavy (non-hydrogen) atoms. The molecule has 1 fully saturated rings. The van der Waals surface area contributed by atoms with Crippen molar-refractivity contribution < 1.29 is 33.2 Å². The van der Waals surface area contributed by atoms with Crippen molar-refractivity contribution in [2.24, 2.45) is 5.92 Å². The lowest BCUT2D eigenvalue weighted by Gasteiger charge is -2.26. The standard InChI is InChI=1S/C26H35N5O7/c1-15(2)9-18(22(32)26(4)14-37-26)28-23(33)19(11-17-7-6-8-27-12-17)29-25(35)21(13-36-5)30-24(34)20-10-16(3)38-31-20/h6-8,10,12,15,18-19,21H,9,11,13-14H2,1-5H3,(H,28,33)(H,29,35)(H,30,34)/t18?,19-,21-,26+/m0/s1. The van der Waals surface area contributed by atoms with Crippen molar-refractivity contribution in [2.75, 3.05) is 20.3 Å². The molecule has 0 aliphatic carbocycles. The Balaban J connectivity index is 1.78. The first-order valence-corrected chi connectivity index (χ1v) is 12.4. The van der Waals surface area contributed by atoms with Gasteiger partial charge in [0.25, 0.3) is 5.91 Å². The Morgan fingerprint density at radius 3 is 2.34 bits per heavy atom. The van der Waals surface area contributed by atoms with Crippen molar-refractivity contribution in [2.45, 2.75) is 64.3 Å². The molecule has 2 aromatic heterocycles. The number of rotatable bonds is 14. The van der Waals surface area contributed by atoms with Crippen molar-refractivity contribution in [3.63, 3.8) is 0 Å². The Morgan fingerprint density at radius 1 is 1.11 bits per heavy atom. The van der Waals surface area contributed by atoms with Crippen LogP contribution in [0.3, 0.4) is 0 Å². The largest absolute Gasteiger partial charge is 0.382 e. The predicted molar refractivity (Wildman–Crippen MR) is 135 cm³/mol. The summed E-state index contributed by atoms with van der Waals surface area (Å²) in [4.78, 5) is 56.4. The lowest BCUT2D eigenvalue weighted by molar-refractivity contribution is -0.133. The molecule has 1 aliphatic rings. The zero-order valence-electron chi connectivity index (χ0n) is 22.3. The minimum Gasteiger partial charge on any atom is -0.382 e. The Morgan fingerprint density at radius 2 is 1.79 bits per heavy atom. The number of carbonyl (C=O) groups is 4. The van der Waals surface area contributed by atoms with Crippen LogP contribution < -0.4 is 16.0 Å². The van der Waals surface area contributed by atoms with Gasteiger partial charge in [0.1, 0.15) is 23.4 Å². The summed E-state index contributed by atoms with van der Waals surface area (Å²) in [5, 5.41) is 11.7. The van der Waals surface area contributed by atoms with Crippen molar-refractivity contribution in [1.29, 1.82) is 0 Å². The molecule has 3 rings (SSSR count). The number of ketones is 1. The number of nitrogens with one attached hydrogen (secondary N) is 3. The maximum absolute atomic E-state index is 13.5. The first kappa shape index (κ1) is 28.9. The maximum Gasteiger partial charge on any atom is 0.274 e. The number of ether oxygens (including phenoxy) is 2. The second kappa shape index (κ2) is 12.7. The Labute approximate surface area is 221 Å². The van der Waals surface area contributed by atoms with E-state index in [9.17, 15) is 19.2 Å². The summed E-state index contributed by atoms with van der Waals surface area (Å²) in [6.07, 6.45) is 3.71. The summed E-state index contributed by atoms with van der Waals surface area (Å²) < 4.78 is 15.4.